The highest BCUT2D eigenvalue weighted by Crippen LogP contribution is 2.18. The number of carbonyl (C=O) groups excluding carboxylic acids is 1. The first-order valence-corrected chi connectivity index (χ1v) is 6.29. The standard InChI is InChI=1S/C11H13ClINO/c1-3-14(4-2)11(15)8-5-9(12)7-10(13)6-8/h5-7H,3-4H2,1-2H3. The molecule has 0 aromatic heterocycles. The Bertz CT molecular complexity index is 343. The lowest BCUT2D eigenvalue weighted by molar-refractivity contribution is 0.0773. The van der Waals surface area contributed by atoms with E-state index in [0.717, 1.165) is 16.7 Å². The van der Waals surface area contributed by atoms with Crippen LogP contribution >= 0.6 is 34.2 Å². The first kappa shape index (κ1) is 12.8. The molecule has 0 saturated carbocycles. The molecule has 0 saturated heterocycles. The van der Waals surface area contributed by atoms with Crippen LogP contribution in [-0.2, 0) is 0 Å². The molecule has 0 radical (unpaired) electrons. The largest absolute Gasteiger partial charge is 0.339 e. The number of nitrogens with zero attached hydrogens (tertiary/aromatic N) is 1. The maximum absolute atomic E-state index is 12.0. The van der Waals surface area contributed by atoms with Crippen molar-refractivity contribution >= 4 is 40.1 Å². The highest BCUT2D eigenvalue weighted by atomic mass is 127. The van der Waals surface area contributed by atoms with Gasteiger partial charge in [-0.3, -0.25) is 4.79 Å². The molecule has 15 heavy (non-hydrogen) atoms. The van der Waals surface area contributed by atoms with Crippen molar-refractivity contribution < 1.29 is 4.79 Å². The van der Waals surface area contributed by atoms with Crippen molar-refractivity contribution in [2.45, 2.75) is 13.8 Å². The van der Waals surface area contributed by atoms with Gasteiger partial charge in [0.2, 0.25) is 0 Å². The average molecular weight is 338 g/mol. The van der Waals surface area contributed by atoms with Gasteiger partial charge in [-0.25, -0.2) is 0 Å². The number of hydrogen-bond acceptors (Lipinski definition) is 1. The summed E-state index contributed by atoms with van der Waals surface area (Å²) < 4.78 is 0.982. The van der Waals surface area contributed by atoms with Gasteiger partial charge >= 0.3 is 0 Å². The Hall–Kier alpha value is -0.290. The molecule has 0 atom stereocenters. The first-order valence-electron chi connectivity index (χ1n) is 4.83. The topological polar surface area (TPSA) is 20.3 Å². The molecule has 4 heteroatoms. The Kier molecular flexibility index (Phi) is 4.86. The smallest absolute Gasteiger partial charge is 0.253 e. The third kappa shape index (κ3) is 3.34. The van der Waals surface area contributed by atoms with Crippen LogP contribution in [0.5, 0.6) is 0 Å². The van der Waals surface area contributed by atoms with Gasteiger partial charge in [0.1, 0.15) is 0 Å². The van der Waals surface area contributed by atoms with Crippen molar-refractivity contribution in [3.63, 3.8) is 0 Å². The summed E-state index contributed by atoms with van der Waals surface area (Å²) in [7, 11) is 0. The van der Waals surface area contributed by atoms with Gasteiger partial charge in [-0.15, -0.1) is 0 Å². The third-order valence-electron chi connectivity index (χ3n) is 2.16. The van der Waals surface area contributed by atoms with Gasteiger partial charge < -0.3 is 4.90 Å². The number of amides is 1. The van der Waals surface area contributed by atoms with Gasteiger partial charge in [0.25, 0.3) is 5.91 Å². The molecule has 82 valence electrons. The van der Waals surface area contributed by atoms with Crippen molar-refractivity contribution in [3.05, 3.63) is 32.4 Å². The average Bonchev–Trinajstić information content (AvgIpc) is 2.18. The molecule has 2 nitrogen and oxygen atoms in total. The van der Waals surface area contributed by atoms with Crippen LogP contribution in [0.2, 0.25) is 5.02 Å². The van der Waals surface area contributed by atoms with Gasteiger partial charge in [-0.2, -0.15) is 0 Å². The Labute approximate surface area is 109 Å². The quantitative estimate of drug-likeness (QED) is 0.774. The molecule has 1 amide bonds. The molecule has 1 rings (SSSR count). The van der Waals surface area contributed by atoms with E-state index in [9.17, 15) is 4.79 Å². The predicted octanol–water partition coefficient (Wildman–Crippen LogP) is 3.43. The van der Waals surface area contributed by atoms with Crippen molar-refractivity contribution in [1.82, 2.24) is 4.90 Å². The highest BCUT2D eigenvalue weighted by molar-refractivity contribution is 14.1. The van der Waals surface area contributed by atoms with Crippen molar-refractivity contribution in [1.29, 1.82) is 0 Å². The maximum Gasteiger partial charge on any atom is 0.253 e. The molecular weight excluding hydrogens is 324 g/mol. The molecule has 0 heterocycles. The van der Waals surface area contributed by atoms with Crippen LogP contribution in [0.4, 0.5) is 0 Å². The SMILES string of the molecule is CCN(CC)C(=O)c1cc(Cl)cc(I)c1. The molecular formula is C11H13ClINO. The first-order chi connectivity index (χ1) is 7.08. The molecule has 0 aliphatic carbocycles. The molecule has 0 fully saturated rings. The number of benzene rings is 1. The van der Waals surface area contributed by atoms with Crippen LogP contribution in [0.1, 0.15) is 24.2 Å². The normalized spacial score (nSPS) is 10.1. The summed E-state index contributed by atoms with van der Waals surface area (Å²) in [6.07, 6.45) is 0. The Morgan fingerprint density at radius 3 is 2.40 bits per heavy atom. The maximum atomic E-state index is 12.0. The van der Waals surface area contributed by atoms with Crippen LogP contribution < -0.4 is 0 Å². The lowest BCUT2D eigenvalue weighted by atomic mass is 10.2. The molecule has 0 aliphatic rings. The minimum Gasteiger partial charge on any atom is -0.339 e. The Balaban J connectivity index is 3.00. The van der Waals surface area contributed by atoms with Gasteiger partial charge in [0.05, 0.1) is 0 Å². The summed E-state index contributed by atoms with van der Waals surface area (Å²) in [4.78, 5) is 13.8. The van der Waals surface area contributed by atoms with Crippen LogP contribution in [0.15, 0.2) is 18.2 Å². The van der Waals surface area contributed by atoms with E-state index in [1.165, 1.54) is 0 Å². The van der Waals surface area contributed by atoms with Gasteiger partial charge in [-0.05, 0) is 54.6 Å². The summed E-state index contributed by atoms with van der Waals surface area (Å²) in [5.74, 6) is 0.0421. The van der Waals surface area contributed by atoms with Crippen LogP contribution in [0.25, 0.3) is 0 Å². The number of carbonyl (C=O) groups is 1. The second-order valence-electron chi connectivity index (χ2n) is 3.14. The number of halogens is 2. The second kappa shape index (κ2) is 5.70. The number of hydrogen-bond donors (Lipinski definition) is 0. The fraction of sp³-hybridized carbons (Fsp3) is 0.364. The molecule has 1 aromatic carbocycles. The summed E-state index contributed by atoms with van der Waals surface area (Å²) in [5.41, 5.74) is 0.663. The zero-order valence-electron chi connectivity index (χ0n) is 8.76. The number of rotatable bonds is 3. The van der Waals surface area contributed by atoms with E-state index in [-0.39, 0.29) is 5.91 Å². The summed E-state index contributed by atoms with van der Waals surface area (Å²) in [6, 6.07) is 5.40. The van der Waals surface area contributed by atoms with E-state index in [0.29, 0.717) is 10.6 Å². The Morgan fingerprint density at radius 1 is 1.33 bits per heavy atom. The summed E-state index contributed by atoms with van der Waals surface area (Å²) in [6.45, 7) is 5.38. The van der Waals surface area contributed by atoms with Gasteiger partial charge in [-0.1, -0.05) is 11.6 Å². The monoisotopic (exact) mass is 337 g/mol. The van der Waals surface area contributed by atoms with E-state index in [2.05, 4.69) is 22.6 Å². The van der Waals surface area contributed by atoms with Gasteiger partial charge in [0, 0.05) is 27.2 Å². The van der Waals surface area contributed by atoms with Crippen molar-refractivity contribution in [2.24, 2.45) is 0 Å². The fourth-order valence-corrected chi connectivity index (χ4v) is 2.46. The van der Waals surface area contributed by atoms with E-state index >= 15 is 0 Å². The second-order valence-corrected chi connectivity index (χ2v) is 4.82. The van der Waals surface area contributed by atoms with Gasteiger partial charge in [0.15, 0.2) is 0 Å². The highest BCUT2D eigenvalue weighted by Gasteiger charge is 2.13. The molecule has 0 unspecified atom stereocenters. The zero-order valence-corrected chi connectivity index (χ0v) is 11.7. The van der Waals surface area contributed by atoms with Crippen LogP contribution in [-0.4, -0.2) is 23.9 Å². The molecule has 0 aliphatic heterocycles. The van der Waals surface area contributed by atoms with Crippen molar-refractivity contribution in [3.8, 4) is 0 Å². The molecule has 1 aromatic rings. The van der Waals surface area contributed by atoms with E-state index < -0.39 is 0 Å². The molecule has 0 N–H and O–H groups in total. The van der Waals surface area contributed by atoms with E-state index in [1.807, 2.05) is 26.0 Å². The fourth-order valence-electron chi connectivity index (χ4n) is 1.37. The minimum atomic E-state index is 0.0421. The molecule has 0 spiro atoms. The lowest BCUT2D eigenvalue weighted by Crippen LogP contribution is -2.30. The third-order valence-corrected chi connectivity index (χ3v) is 3.00. The van der Waals surface area contributed by atoms with Crippen molar-refractivity contribution in [2.75, 3.05) is 13.1 Å². The zero-order chi connectivity index (χ0) is 11.4. The van der Waals surface area contributed by atoms with Crippen LogP contribution in [0.3, 0.4) is 0 Å². The molecule has 0 bridgehead atoms. The van der Waals surface area contributed by atoms with E-state index in [4.69, 9.17) is 11.6 Å². The predicted molar refractivity (Wildman–Crippen MR) is 71.4 cm³/mol. The van der Waals surface area contributed by atoms with Crippen LogP contribution in [0, 0.1) is 3.57 Å². The lowest BCUT2D eigenvalue weighted by Gasteiger charge is -2.18. The summed E-state index contributed by atoms with van der Waals surface area (Å²) in [5, 5.41) is 0.609. The minimum absolute atomic E-state index is 0.0421. The summed E-state index contributed by atoms with van der Waals surface area (Å²) >= 11 is 8.07. The Morgan fingerprint density at radius 2 is 1.93 bits per heavy atom. The van der Waals surface area contributed by atoms with E-state index in [1.54, 1.807) is 11.0 Å².